The second-order valence-electron chi connectivity index (χ2n) is 6.30. The van der Waals surface area contributed by atoms with E-state index in [4.69, 9.17) is 9.47 Å². The molecule has 162 valence electrons. The molecule has 10 heteroatoms. The van der Waals surface area contributed by atoms with Crippen LogP contribution in [-0.4, -0.2) is 42.8 Å². The molecule has 2 amide bonds. The molecule has 2 aromatic rings. The Hall–Kier alpha value is -2.85. The summed E-state index contributed by atoms with van der Waals surface area (Å²) in [4.78, 5) is 36.9. The number of benzene rings is 2. The van der Waals surface area contributed by atoms with Crippen molar-refractivity contribution in [2.45, 2.75) is 6.61 Å². The van der Waals surface area contributed by atoms with Gasteiger partial charge in [0.2, 0.25) is 0 Å². The first kappa shape index (κ1) is 22.8. The molecule has 0 saturated carbocycles. The normalized spacial score (nSPS) is 14.8. The van der Waals surface area contributed by atoms with Crippen LogP contribution in [0, 0.1) is 5.82 Å². The molecule has 1 aliphatic heterocycles. The van der Waals surface area contributed by atoms with Gasteiger partial charge in [-0.05, 0) is 69.2 Å². The standard InChI is InChI=1S/C21H17BrFNO6S/c1-28-16-8-13(9-17-20(26)24(21(27)31-17)10-18(25)29-2)7-15(22)19(16)30-11-12-4-3-5-14(23)6-12/h3-9H,10-11H2,1-2H3/b17-9-. The molecule has 1 saturated heterocycles. The Labute approximate surface area is 190 Å². The van der Waals surface area contributed by atoms with Gasteiger partial charge in [-0.3, -0.25) is 19.3 Å². The van der Waals surface area contributed by atoms with E-state index in [2.05, 4.69) is 20.7 Å². The predicted octanol–water partition coefficient (Wildman–Crippen LogP) is 4.39. The molecule has 1 heterocycles. The number of ether oxygens (including phenoxy) is 3. The molecule has 0 aromatic heterocycles. The fraction of sp³-hybridized carbons (Fsp3) is 0.190. The minimum Gasteiger partial charge on any atom is -0.493 e. The van der Waals surface area contributed by atoms with Crippen LogP contribution < -0.4 is 9.47 Å². The fourth-order valence-electron chi connectivity index (χ4n) is 2.73. The molecule has 0 unspecified atom stereocenters. The molecule has 1 aliphatic rings. The second kappa shape index (κ2) is 9.97. The maximum Gasteiger partial charge on any atom is 0.325 e. The summed E-state index contributed by atoms with van der Waals surface area (Å²) in [6, 6.07) is 9.39. The van der Waals surface area contributed by atoms with E-state index in [-0.39, 0.29) is 17.3 Å². The van der Waals surface area contributed by atoms with Gasteiger partial charge < -0.3 is 14.2 Å². The molecular weight excluding hydrogens is 493 g/mol. The van der Waals surface area contributed by atoms with Crippen molar-refractivity contribution in [1.29, 1.82) is 0 Å². The second-order valence-corrected chi connectivity index (χ2v) is 8.14. The minimum atomic E-state index is -0.687. The number of imide groups is 1. The Morgan fingerprint density at radius 2 is 2.00 bits per heavy atom. The van der Waals surface area contributed by atoms with Gasteiger partial charge in [-0.2, -0.15) is 0 Å². The van der Waals surface area contributed by atoms with Gasteiger partial charge in [0, 0.05) is 0 Å². The van der Waals surface area contributed by atoms with E-state index in [9.17, 15) is 18.8 Å². The Kier molecular flexibility index (Phi) is 7.34. The van der Waals surface area contributed by atoms with Crippen LogP contribution in [0.25, 0.3) is 6.08 Å². The number of hydrogen-bond acceptors (Lipinski definition) is 7. The zero-order valence-corrected chi connectivity index (χ0v) is 18.9. The quantitative estimate of drug-likeness (QED) is 0.404. The highest BCUT2D eigenvalue weighted by atomic mass is 79.9. The van der Waals surface area contributed by atoms with Gasteiger partial charge in [-0.1, -0.05) is 12.1 Å². The molecule has 7 nitrogen and oxygen atoms in total. The van der Waals surface area contributed by atoms with Crippen molar-refractivity contribution < 1.29 is 33.0 Å². The van der Waals surface area contributed by atoms with Crippen LogP contribution in [0.15, 0.2) is 45.8 Å². The lowest BCUT2D eigenvalue weighted by molar-refractivity contribution is -0.143. The smallest absolute Gasteiger partial charge is 0.325 e. The van der Waals surface area contributed by atoms with Crippen molar-refractivity contribution in [2.24, 2.45) is 0 Å². The number of halogens is 2. The molecule has 2 aromatic carbocycles. The summed E-state index contributed by atoms with van der Waals surface area (Å²) >= 11 is 4.15. The maximum atomic E-state index is 13.4. The van der Waals surface area contributed by atoms with Crippen LogP contribution in [0.3, 0.4) is 0 Å². The van der Waals surface area contributed by atoms with E-state index in [1.807, 2.05) is 0 Å². The lowest BCUT2D eigenvalue weighted by Crippen LogP contribution is -2.34. The first-order valence-electron chi connectivity index (χ1n) is 8.89. The number of methoxy groups -OCH3 is 2. The van der Waals surface area contributed by atoms with Gasteiger partial charge in [-0.15, -0.1) is 0 Å². The molecule has 0 spiro atoms. The predicted molar refractivity (Wildman–Crippen MR) is 116 cm³/mol. The molecule has 0 radical (unpaired) electrons. The van der Waals surface area contributed by atoms with Crippen LogP contribution in [0.1, 0.15) is 11.1 Å². The summed E-state index contributed by atoms with van der Waals surface area (Å²) in [5, 5.41) is -0.553. The van der Waals surface area contributed by atoms with Gasteiger partial charge >= 0.3 is 5.97 Å². The van der Waals surface area contributed by atoms with Crippen molar-refractivity contribution in [3.8, 4) is 11.5 Å². The molecule has 1 fully saturated rings. The molecular formula is C21H17BrFNO6S. The SMILES string of the molecule is COC(=O)CN1C(=O)S/C(=C\c2cc(Br)c(OCc3cccc(F)c3)c(OC)c2)C1=O. The van der Waals surface area contributed by atoms with E-state index in [1.165, 1.54) is 32.4 Å². The van der Waals surface area contributed by atoms with Crippen molar-refractivity contribution in [1.82, 2.24) is 4.90 Å². The summed E-state index contributed by atoms with van der Waals surface area (Å²) < 4.78 is 29.6. The number of thioether (sulfide) groups is 1. The highest BCUT2D eigenvalue weighted by Gasteiger charge is 2.36. The number of amides is 2. The summed E-state index contributed by atoms with van der Waals surface area (Å²) in [5.41, 5.74) is 1.22. The third-order valence-electron chi connectivity index (χ3n) is 4.21. The molecule has 3 rings (SSSR count). The fourth-order valence-corrected chi connectivity index (χ4v) is 4.14. The molecule has 0 atom stereocenters. The largest absolute Gasteiger partial charge is 0.493 e. The summed E-state index contributed by atoms with van der Waals surface area (Å²) in [7, 11) is 2.64. The van der Waals surface area contributed by atoms with E-state index in [0.29, 0.717) is 27.1 Å². The third-order valence-corrected chi connectivity index (χ3v) is 5.71. The third kappa shape index (κ3) is 5.45. The van der Waals surface area contributed by atoms with Crippen molar-refractivity contribution in [3.05, 3.63) is 62.7 Å². The maximum absolute atomic E-state index is 13.4. The van der Waals surface area contributed by atoms with Crippen molar-refractivity contribution >= 4 is 50.9 Å². The number of carbonyl (C=O) groups excluding carboxylic acids is 3. The number of carbonyl (C=O) groups is 3. The average molecular weight is 510 g/mol. The minimum absolute atomic E-state index is 0.123. The van der Waals surface area contributed by atoms with Crippen molar-refractivity contribution in [2.75, 3.05) is 20.8 Å². The number of hydrogen-bond donors (Lipinski definition) is 0. The summed E-state index contributed by atoms with van der Waals surface area (Å²) in [6.07, 6.45) is 1.52. The van der Waals surface area contributed by atoms with E-state index in [1.54, 1.807) is 24.3 Å². The lowest BCUT2D eigenvalue weighted by Gasteiger charge is -2.14. The van der Waals surface area contributed by atoms with Gasteiger partial charge in [0.25, 0.3) is 11.1 Å². The lowest BCUT2D eigenvalue weighted by atomic mass is 10.1. The van der Waals surface area contributed by atoms with Gasteiger partial charge in [0.1, 0.15) is 19.0 Å². The van der Waals surface area contributed by atoms with E-state index >= 15 is 0 Å². The number of esters is 1. The number of nitrogens with zero attached hydrogens (tertiary/aromatic N) is 1. The Morgan fingerprint density at radius 1 is 1.23 bits per heavy atom. The van der Waals surface area contributed by atoms with Gasteiger partial charge in [0.05, 0.1) is 23.6 Å². The Morgan fingerprint density at radius 3 is 2.68 bits per heavy atom. The molecule has 31 heavy (non-hydrogen) atoms. The van der Waals surface area contributed by atoms with Gasteiger partial charge in [-0.25, -0.2) is 4.39 Å². The van der Waals surface area contributed by atoms with Crippen LogP contribution in [0.4, 0.5) is 9.18 Å². The first-order valence-corrected chi connectivity index (χ1v) is 10.5. The van der Waals surface area contributed by atoms with E-state index < -0.39 is 23.7 Å². The highest BCUT2D eigenvalue weighted by Crippen LogP contribution is 2.39. The molecule has 0 N–H and O–H groups in total. The van der Waals surface area contributed by atoms with Crippen LogP contribution in [0.2, 0.25) is 0 Å². The summed E-state index contributed by atoms with van der Waals surface area (Å²) in [5.74, 6) is -0.841. The van der Waals surface area contributed by atoms with E-state index in [0.717, 1.165) is 16.7 Å². The highest BCUT2D eigenvalue weighted by molar-refractivity contribution is 9.10. The average Bonchev–Trinajstić information content (AvgIpc) is 2.99. The zero-order chi connectivity index (χ0) is 22.5. The Bertz CT molecular complexity index is 1070. The monoisotopic (exact) mass is 509 g/mol. The van der Waals surface area contributed by atoms with Crippen LogP contribution in [-0.2, 0) is 20.9 Å². The first-order chi connectivity index (χ1) is 14.8. The van der Waals surface area contributed by atoms with Crippen LogP contribution in [0.5, 0.6) is 11.5 Å². The van der Waals surface area contributed by atoms with Crippen molar-refractivity contribution in [3.63, 3.8) is 0 Å². The molecule has 0 aliphatic carbocycles. The number of rotatable bonds is 7. The zero-order valence-electron chi connectivity index (χ0n) is 16.5. The van der Waals surface area contributed by atoms with Gasteiger partial charge in [0.15, 0.2) is 11.5 Å². The topological polar surface area (TPSA) is 82.1 Å². The van der Waals surface area contributed by atoms with Crippen LogP contribution >= 0.6 is 27.7 Å². The summed E-state index contributed by atoms with van der Waals surface area (Å²) in [6.45, 7) is -0.323. The Balaban J connectivity index is 1.81. The molecule has 0 bridgehead atoms.